The molecule has 0 fully saturated rings. The predicted molar refractivity (Wildman–Crippen MR) is 112 cm³/mol. The Morgan fingerprint density at radius 3 is 2.17 bits per heavy atom. The largest absolute Gasteiger partial charge is 0.489 e. The minimum atomic E-state index is -0.882. The van der Waals surface area contributed by atoms with Crippen molar-refractivity contribution >= 4 is 11.7 Å². The maximum Gasteiger partial charge on any atom is 0.320 e. The lowest BCUT2D eigenvalue weighted by Crippen LogP contribution is -2.45. The average molecular weight is 401 g/mol. The molecule has 7 heteroatoms. The molecule has 0 saturated carbocycles. The standard InChI is InChI=1S/C23H19N3O4/c27-23-24-20(17-9-5-2-6-10-17)22(26(28)29)21(25-23)18-11-13-19(14-12-18)30-15-16-7-3-1-4-8-16/h1-14,21H,15H2,(H2,24,25,27). The van der Waals surface area contributed by atoms with E-state index >= 15 is 0 Å². The topological polar surface area (TPSA) is 93.5 Å². The first-order valence-corrected chi connectivity index (χ1v) is 9.40. The number of ether oxygens (including phenoxy) is 1. The molecule has 4 rings (SSSR count). The molecule has 0 saturated heterocycles. The van der Waals surface area contributed by atoms with Gasteiger partial charge in [0.1, 0.15) is 24.1 Å². The Morgan fingerprint density at radius 2 is 1.53 bits per heavy atom. The van der Waals surface area contributed by atoms with Crippen LogP contribution in [0.3, 0.4) is 0 Å². The van der Waals surface area contributed by atoms with E-state index in [1.54, 1.807) is 48.5 Å². The van der Waals surface area contributed by atoms with Crippen LogP contribution in [0.25, 0.3) is 5.70 Å². The molecule has 7 nitrogen and oxygen atoms in total. The molecule has 0 spiro atoms. The van der Waals surface area contributed by atoms with Crippen LogP contribution in [0.1, 0.15) is 22.7 Å². The highest BCUT2D eigenvalue weighted by Gasteiger charge is 2.37. The molecule has 0 aromatic heterocycles. The van der Waals surface area contributed by atoms with Crippen LogP contribution in [0.5, 0.6) is 5.75 Å². The summed E-state index contributed by atoms with van der Waals surface area (Å²) in [4.78, 5) is 23.6. The monoisotopic (exact) mass is 401 g/mol. The molecule has 1 aliphatic heterocycles. The van der Waals surface area contributed by atoms with Crippen LogP contribution in [0.2, 0.25) is 0 Å². The van der Waals surface area contributed by atoms with E-state index in [2.05, 4.69) is 10.6 Å². The van der Waals surface area contributed by atoms with Crippen LogP contribution in [0.15, 0.2) is 90.6 Å². The van der Waals surface area contributed by atoms with Gasteiger partial charge in [0.2, 0.25) is 0 Å². The van der Waals surface area contributed by atoms with Crippen molar-refractivity contribution < 1.29 is 14.5 Å². The summed E-state index contributed by atoms with van der Waals surface area (Å²) in [5, 5.41) is 17.1. The number of nitro groups is 1. The second-order valence-corrected chi connectivity index (χ2v) is 6.76. The second kappa shape index (κ2) is 8.48. The second-order valence-electron chi connectivity index (χ2n) is 6.76. The maximum atomic E-state index is 12.2. The van der Waals surface area contributed by atoms with E-state index < -0.39 is 17.0 Å². The van der Waals surface area contributed by atoms with Crippen LogP contribution in [-0.4, -0.2) is 11.0 Å². The van der Waals surface area contributed by atoms with E-state index in [0.29, 0.717) is 23.5 Å². The summed E-state index contributed by atoms with van der Waals surface area (Å²) >= 11 is 0. The molecule has 3 aromatic carbocycles. The van der Waals surface area contributed by atoms with Gasteiger partial charge < -0.3 is 15.4 Å². The lowest BCUT2D eigenvalue weighted by Gasteiger charge is -2.25. The first-order valence-electron chi connectivity index (χ1n) is 9.40. The van der Waals surface area contributed by atoms with Gasteiger partial charge in [0.25, 0.3) is 5.70 Å². The minimum Gasteiger partial charge on any atom is -0.489 e. The molecular formula is C23H19N3O4. The van der Waals surface area contributed by atoms with Gasteiger partial charge in [0.15, 0.2) is 0 Å². The van der Waals surface area contributed by atoms with Crippen molar-refractivity contribution in [3.8, 4) is 5.75 Å². The van der Waals surface area contributed by atoms with E-state index in [0.717, 1.165) is 5.56 Å². The van der Waals surface area contributed by atoms with E-state index in [1.165, 1.54) is 0 Å². The summed E-state index contributed by atoms with van der Waals surface area (Å²) in [6, 6.07) is 24.1. The fraction of sp³-hybridized carbons (Fsp3) is 0.0870. The molecule has 1 atom stereocenters. The molecule has 30 heavy (non-hydrogen) atoms. The molecule has 0 radical (unpaired) electrons. The Morgan fingerprint density at radius 1 is 0.900 bits per heavy atom. The number of nitrogens with one attached hydrogen (secondary N) is 2. The predicted octanol–water partition coefficient (Wildman–Crippen LogP) is 4.27. The van der Waals surface area contributed by atoms with Crippen LogP contribution in [-0.2, 0) is 6.61 Å². The number of urea groups is 1. The zero-order chi connectivity index (χ0) is 20.9. The summed E-state index contributed by atoms with van der Waals surface area (Å²) < 4.78 is 5.77. The molecule has 1 heterocycles. The summed E-state index contributed by atoms with van der Waals surface area (Å²) in [6.45, 7) is 0.419. The Bertz CT molecular complexity index is 1080. The quantitative estimate of drug-likeness (QED) is 0.477. The van der Waals surface area contributed by atoms with Gasteiger partial charge in [-0.05, 0) is 23.3 Å². The van der Waals surface area contributed by atoms with Gasteiger partial charge in [-0.2, -0.15) is 0 Å². The van der Waals surface area contributed by atoms with Gasteiger partial charge in [-0.25, -0.2) is 4.79 Å². The third-order valence-corrected chi connectivity index (χ3v) is 4.76. The summed E-state index contributed by atoms with van der Waals surface area (Å²) in [5.41, 5.74) is 2.29. The first kappa shape index (κ1) is 19.2. The summed E-state index contributed by atoms with van der Waals surface area (Å²) in [6.07, 6.45) is 0. The van der Waals surface area contributed by atoms with E-state index in [9.17, 15) is 14.9 Å². The SMILES string of the molecule is O=C1NC(c2ccccc2)=C([N+](=O)[O-])C(c2ccc(OCc3ccccc3)cc2)N1. The highest BCUT2D eigenvalue weighted by atomic mass is 16.6. The van der Waals surface area contributed by atoms with Crippen molar-refractivity contribution in [1.82, 2.24) is 10.6 Å². The highest BCUT2D eigenvalue weighted by Crippen LogP contribution is 2.32. The van der Waals surface area contributed by atoms with Crippen molar-refractivity contribution in [2.45, 2.75) is 12.6 Å². The van der Waals surface area contributed by atoms with E-state index in [1.807, 2.05) is 36.4 Å². The highest BCUT2D eigenvalue weighted by molar-refractivity contribution is 5.89. The molecule has 0 aliphatic carbocycles. The molecule has 2 N–H and O–H groups in total. The first-order chi connectivity index (χ1) is 14.6. The number of carbonyl (C=O) groups is 1. The molecule has 1 unspecified atom stereocenters. The number of rotatable bonds is 6. The fourth-order valence-electron chi connectivity index (χ4n) is 3.32. The third-order valence-electron chi connectivity index (χ3n) is 4.76. The van der Waals surface area contributed by atoms with Crippen molar-refractivity contribution in [2.24, 2.45) is 0 Å². The van der Waals surface area contributed by atoms with Gasteiger partial charge in [-0.3, -0.25) is 10.1 Å². The minimum absolute atomic E-state index is 0.112. The average Bonchev–Trinajstić information content (AvgIpc) is 2.78. The zero-order valence-electron chi connectivity index (χ0n) is 15.9. The van der Waals surface area contributed by atoms with Crippen molar-refractivity contribution in [3.05, 3.63) is 117 Å². The Labute approximate surface area is 173 Å². The molecule has 2 amide bonds. The number of amides is 2. The molecule has 3 aromatic rings. The van der Waals surface area contributed by atoms with Gasteiger partial charge in [-0.15, -0.1) is 0 Å². The lowest BCUT2D eigenvalue weighted by atomic mass is 9.98. The summed E-state index contributed by atoms with van der Waals surface area (Å²) in [7, 11) is 0. The van der Waals surface area contributed by atoms with Gasteiger partial charge in [-0.1, -0.05) is 72.8 Å². The lowest BCUT2D eigenvalue weighted by molar-refractivity contribution is -0.430. The molecular weight excluding hydrogens is 382 g/mol. The number of benzene rings is 3. The summed E-state index contributed by atoms with van der Waals surface area (Å²) in [5.74, 6) is 0.637. The Balaban J connectivity index is 1.61. The molecule has 0 bridgehead atoms. The maximum absolute atomic E-state index is 12.2. The normalized spacial score (nSPS) is 15.9. The molecule has 1 aliphatic rings. The van der Waals surface area contributed by atoms with Crippen LogP contribution in [0.4, 0.5) is 4.79 Å². The Kier molecular flexibility index (Phi) is 5.43. The van der Waals surface area contributed by atoms with Crippen LogP contribution < -0.4 is 15.4 Å². The number of nitrogens with zero attached hydrogens (tertiary/aromatic N) is 1. The molecule has 150 valence electrons. The Hall–Kier alpha value is -4.13. The number of hydrogen-bond acceptors (Lipinski definition) is 4. The van der Waals surface area contributed by atoms with Crippen LogP contribution in [0, 0.1) is 10.1 Å². The van der Waals surface area contributed by atoms with Crippen molar-refractivity contribution in [1.29, 1.82) is 0 Å². The van der Waals surface area contributed by atoms with E-state index in [4.69, 9.17) is 4.74 Å². The van der Waals surface area contributed by atoms with E-state index in [-0.39, 0.29) is 11.4 Å². The van der Waals surface area contributed by atoms with Crippen LogP contribution >= 0.6 is 0 Å². The van der Waals surface area contributed by atoms with Gasteiger partial charge in [0.05, 0.1) is 4.92 Å². The number of carbonyl (C=O) groups excluding carboxylic acids is 1. The fourth-order valence-corrected chi connectivity index (χ4v) is 3.32. The van der Waals surface area contributed by atoms with Gasteiger partial charge in [0, 0.05) is 5.56 Å². The van der Waals surface area contributed by atoms with Gasteiger partial charge >= 0.3 is 6.03 Å². The smallest absolute Gasteiger partial charge is 0.320 e. The van der Waals surface area contributed by atoms with Crippen molar-refractivity contribution in [2.75, 3.05) is 0 Å². The third kappa shape index (κ3) is 4.15. The van der Waals surface area contributed by atoms with Crippen molar-refractivity contribution in [3.63, 3.8) is 0 Å². The number of hydrogen-bond donors (Lipinski definition) is 2. The zero-order valence-corrected chi connectivity index (χ0v) is 15.9.